The summed E-state index contributed by atoms with van der Waals surface area (Å²) in [7, 11) is 0. The van der Waals surface area contributed by atoms with Crippen molar-refractivity contribution in [1.29, 1.82) is 0 Å². The van der Waals surface area contributed by atoms with Crippen LogP contribution in [0.15, 0.2) is 42.8 Å². The summed E-state index contributed by atoms with van der Waals surface area (Å²) < 4.78 is 37.9. The van der Waals surface area contributed by atoms with Crippen molar-refractivity contribution >= 4 is 0 Å². The largest absolute Gasteiger partial charge is 0.508 e. The van der Waals surface area contributed by atoms with Gasteiger partial charge in [0.1, 0.15) is 11.9 Å². The van der Waals surface area contributed by atoms with Gasteiger partial charge in [0.15, 0.2) is 5.83 Å². The summed E-state index contributed by atoms with van der Waals surface area (Å²) in [5, 5.41) is 30.7. The molecule has 3 aliphatic carbocycles. The van der Waals surface area contributed by atoms with Gasteiger partial charge in [-0.05, 0) is 96.8 Å². The Labute approximate surface area is 200 Å². The lowest BCUT2D eigenvalue weighted by molar-refractivity contribution is -0.0812. The minimum Gasteiger partial charge on any atom is -0.508 e. The summed E-state index contributed by atoms with van der Waals surface area (Å²) in [5.41, 5.74) is 2.18. The van der Waals surface area contributed by atoms with Crippen molar-refractivity contribution in [3.05, 3.63) is 53.9 Å². The lowest BCUT2D eigenvalue weighted by Gasteiger charge is -2.60. The van der Waals surface area contributed by atoms with E-state index in [2.05, 4.69) is 25.6 Å². The van der Waals surface area contributed by atoms with Crippen molar-refractivity contribution in [2.24, 2.45) is 22.7 Å². The third kappa shape index (κ3) is 4.21. The molecular formula is C28H37F3O3. The highest BCUT2D eigenvalue weighted by atomic mass is 19.3. The zero-order valence-electron chi connectivity index (χ0n) is 19.9. The number of aliphatic hydroxyl groups excluding tert-OH is 2. The van der Waals surface area contributed by atoms with E-state index < -0.39 is 18.0 Å². The summed E-state index contributed by atoms with van der Waals surface area (Å²) >= 11 is 0. The van der Waals surface area contributed by atoms with E-state index in [0.717, 1.165) is 44.9 Å². The topological polar surface area (TPSA) is 60.7 Å². The van der Waals surface area contributed by atoms with Crippen molar-refractivity contribution in [3.63, 3.8) is 0 Å². The Balaban J connectivity index is 1.55. The van der Waals surface area contributed by atoms with Crippen LogP contribution >= 0.6 is 0 Å². The van der Waals surface area contributed by atoms with Crippen LogP contribution in [0.3, 0.4) is 0 Å². The number of phenolic OH excluding ortho intramolecular Hbond substituents is 1. The molecule has 0 saturated heterocycles. The van der Waals surface area contributed by atoms with E-state index in [1.807, 2.05) is 6.07 Å². The van der Waals surface area contributed by atoms with Crippen molar-refractivity contribution in [2.45, 2.75) is 89.3 Å². The number of phenols is 1. The SMILES string of the molecule is C=C[C@@]12CCc3cc(O)ccc3[C@H]1[C@@H](CCCCC[C@H](O)C(F)=C(F)F)C[C@@]1(C)[C@H]2CC[C@@H]1O. The summed E-state index contributed by atoms with van der Waals surface area (Å²) in [6.45, 7) is 6.53. The third-order valence-corrected chi connectivity index (χ3v) is 9.38. The molecule has 2 fully saturated rings. The molecule has 3 aliphatic rings. The van der Waals surface area contributed by atoms with Gasteiger partial charge in [-0.15, -0.1) is 6.58 Å². The van der Waals surface area contributed by atoms with Crippen molar-refractivity contribution < 1.29 is 28.5 Å². The van der Waals surface area contributed by atoms with Crippen LogP contribution in [-0.2, 0) is 6.42 Å². The first-order chi connectivity index (χ1) is 16.1. The second kappa shape index (κ2) is 9.69. The summed E-state index contributed by atoms with van der Waals surface area (Å²) in [6.07, 6.45) is 5.08. The minimum absolute atomic E-state index is 0.0194. The van der Waals surface area contributed by atoms with Gasteiger partial charge in [0.2, 0.25) is 0 Å². The smallest absolute Gasteiger partial charge is 0.304 e. The van der Waals surface area contributed by atoms with Crippen LogP contribution in [0.4, 0.5) is 13.2 Å². The van der Waals surface area contributed by atoms with E-state index in [9.17, 15) is 28.5 Å². The molecule has 0 unspecified atom stereocenters. The fourth-order valence-electron chi connectivity index (χ4n) is 7.87. The van der Waals surface area contributed by atoms with Gasteiger partial charge in [0.05, 0.1) is 6.10 Å². The van der Waals surface area contributed by atoms with E-state index in [1.165, 1.54) is 11.1 Å². The quantitative estimate of drug-likeness (QED) is 0.285. The molecule has 4 rings (SSSR count). The Kier molecular flexibility index (Phi) is 7.21. The number of aromatic hydroxyl groups is 1. The molecule has 34 heavy (non-hydrogen) atoms. The van der Waals surface area contributed by atoms with Crippen molar-refractivity contribution in [1.82, 2.24) is 0 Å². The number of unbranched alkanes of at least 4 members (excludes halogenated alkanes) is 2. The lowest BCUT2D eigenvalue weighted by Crippen LogP contribution is -2.54. The molecule has 0 heterocycles. The van der Waals surface area contributed by atoms with Gasteiger partial charge in [-0.1, -0.05) is 38.3 Å². The Morgan fingerprint density at radius 3 is 2.68 bits per heavy atom. The number of aliphatic hydroxyl groups is 2. The van der Waals surface area contributed by atoms with E-state index >= 15 is 0 Å². The number of fused-ring (bicyclic) bond motifs is 5. The Bertz CT molecular complexity index is 943. The highest BCUT2D eigenvalue weighted by molar-refractivity contribution is 5.43. The van der Waals surface area contributed by atoms with E-state index in [4.69, 9.17) is 0 Å². The van der Waals surface area contributed by atoms with Gasteiger partial charge in [0, 0.05) is 0 Å². The van der Waals surface area contributed by atoms with Crippen LogP contribution in [0, 0.1) is 22.7 Å². The highest BCUT2D eigenvalue weighted by Gasteiger charge is 2.63. The van der Waals surface area contributed by atoms with Crippen LogP contribution in [0.25, 0.3) is 0 Å². The third-order valence-electron chi connectivity index (χ3n) is 9.38. The van der Waals surface area contributed by atoms with Gasteiger partial charge in [-0.2, -0.15) is 8.78 Å². The zero-order valence-corrected chi connectivity index (χ0v) is 19.9. The molecule has 1 aromatic rings. The molecule has 0 amide bonds. The molecule has 0 bridgehead atoms. The van der Waals surface area contributed by atoms with Crippen LogP contribution in [0.5, 0.6) is 5.75 Å². The van der Waals surface area contributed by atoms with Crippen molar-refractivity contribution in [2.75, 3.05) is 0 Å². The standard InChI is InChI=1S/C28H37F3O3/c1-3-28-14-13-17-15-19(32)9-10-20(17)24(28)18(16-27(2)22(28)11-12-23(27)34)7-5-4-6-8-21(33)25(29)26(30)31/h3,9-10,15,18,21-24,32-34H,1,4-8,11-14,16H2,2H3/t18-,21-,22+,23-,24+,27-,28-/m0/s1. The van der Waals surface area contributed by atoms with Crippen LogP contribution < -0.4 is 0 Å². The summed E-state index contributed by atoms with van der Waals surface area (Å²) in [5.74, 6) is -0.525. The molecule has 0 aromatic heterocycles. The minimum atomic E-state index is -2.45. The van der Waals surface area contributed by atoms with Gasteiger partial charge in [0.25, 0.3) is 0 Å². The van der Waals surface area contributed by atoms with Gasteiger partial charge >= 0.3 is 6.08 Å². The monoisotopic (exact) mass is 478 g/mol. The Morgan fingerprint density at radius 2 is 1.97 bits per heavy atom. The molecule has 0 spiro atoms. The molecular weight excluding hydrogens is 441 g/mol. The van der Waals surface area contributed by atoms with Crippen LogP contribution in [0.1, 0.15) is 81.8 Å². The number of rotatable bonds is 8. The first-order valence-electron chi connectivity index (χ1n) is 12.7. The maximum atomic E-state index is 13.2. The van der Waals surface area contributed by atoms with Crippen LogP contribution in [-0.4, -0.2) is 27.5 Å². The molecule has 188 valence electrons. The molecule has 0 radical (unpaired) electrons. The van der Waals surface area contributed by atoms with Gasteiger partial charge in [-0.3, -0.25) is 0 Å². The molecule has 2 saturated carbocycles. The number of aryl methyl sites for hydroxylation is 1. The molecule has 0 aliphatic heterocycles. The summed E-state index contributed by atoms with van der Waals surface area (Å²) in [6, 6.07) is 5.70. The highest BCUT2D eigenvalue weighted by Crippen LogP contribution is 2.69. The first-order valence-corrected chi connectivity index (χ1v) is 12.7. The Hall–Kier alpha value is -1.79. The first kappa shape index (κ1) is 25.3. The fraction of sp³-hybridized carbons (Fsp3) is 0.643. The predicted octanol–water partition coefficient (Wildman–Crippen LogP) is 6.78. The lowest BCUT2D eigenvalue weighted by atomic mass is 9.44. The maximum absolute atomic E-state index is 13.2. The molecule has 6 heteroatoms. The number of halogens is 3. The normalized spacial score (nSPS) is 35.1. The molecule has 1 aromatic carbocycles. The molecule has 3 nitrogen and oxygen atoms in total. The van der Waals surface area contributed by atoms with E-state index in [-0.39, 0.29) is 35.0 Å². The number of hydrogen-bond acceptors (Lipinski definition) is 3. The van der Waals surface area contributed by atoms with Gasteiger partial charge in [-0.25, -0.2) is 4.39 Å². The van der Waals surface area contributed by atoms with Gasteiger partial charge < -0.3 is 15.3 Å². The maximum Gasteiger partial charge on any atom is 0.304 e. The average Bonchev–Trinajstić information content (AvgIpc) is 3.11. The number of benzene rings is 1. The number of allylic oxidation sites excluding steroid dienone is 1. The Morgan fingerprint density at radius 1 is 1.21 bits per heavy atom. The van der Waals surface area contributed by atoms with E-state index in [0.29, 0.717) is 24.7 Å². The second-order valence-electron chi connectivity index (χ2n) is 11.1. The van der Waals surface area contributed by atoms with Crippen molar-refractivity contribution in [3.8, 4) is 5.75 Å². The molecule has 7 atom stereocenters. The van der Waals surface area contributed by atoms with E-state index in [1.54, 1.807) is 6.07 Å². The average molecular weight is 479 g/mol. The fourth-order valence-corrected chi connectivity index (χ4v) is 7.87. The summed E-state index contributed by atoms with van der Waals surface area (Å²) in [4.78, 5) is 0. The van der Waals surface area contributed by atoms with Crippen LogP contribution in [0.2, 0.25) is 0 Å². The predicted molar refractivity (Wildman–Crippen MR) is 126 cm³/mol. The number of hydrogen-bond donors (Lipinski definition) is 3. The molecule has 3 N–H and O–H groups in total. The second-order valence-corrected chi connectivity index (χ2v) is 11.1. The zero-order chi connectivity index (χ0) is 24.7.